The average Bonchev–Trinajstić information content (AvgIpc) is 2.51. The van der Waals surface area contributed by atoms with E-state index in [1.54, 1.807) is 5.56 Å². The van der Waals surface area contributed by atoms with Crippen LogP contribution in [0.1, 0.15) is 56.2 Å². The van der Waals surface area contributed by atoms with Crippen LogP contribution in [0.5, 0.6) is 0 Å². The molecule has 0 bridgehead atoms. The van der Waals surface area contributed by atoms with E-state index in [-0.39, 0.29) is 0 Å². The summed E-state index contributed by atoms with van der Waals surface area (Å²) in [6.45, 7) is 8.96. The van der Waals surface area contributed by atoms with Gasteiger partial charge in [0.05, 0.1) is 0 Å². The fourth-order valence-electron chi connectivity index (χ4n) is 3.13. The van der Waals surface area contributed by atoms with E-state index in [0.717, 1.165) is 25.6 Å². The fraction of sp³-hybridized carbons (Fsp3) is 0.667. The van der Waals surface area contributed by atoms with Crippen molar-refractivity contribution >= 4 is 0 Å². The minimum Gasteiger partial charge on any atom is -0.312 e. The number of hydrogen-bond acceptors (Lipinski definition) is 2. The van der Waals surface area contributed by atoms with Gasteiger partial charge < -0.3 is 10.6 Å². The third kappa shape index (κ3) is 4.32. The van der Waals surface area contributed by atoms with Crippen molar-refractivity contribution in [1.82, 2.24) is 10.6 Å². The largest absolute Gasteiger partial charge is 0.312 e. The van der Waals surface area contributed by atoms with E-state index >= 15 is 0 Å². The number of fused-ring (bicyclic) bond motifs is 1. The minimum absolute atomic E-state index is 0.844. The number of hydrogen-bond donors (Lipinski definition) is 2. The van der Waals surface area contributed by atoms with Gasteiger partial charge in [0.2, 0.25) is 0 Å². The molecule has 0 spiro atoms. The maximum Gasteiger partial charge on any atom is 0.0208 e. The average molecular weight is 274 g/mol. The molecule has 0 saturated heterocycles. The van der Waals surface area contributed by atoms with Crippen LogP contribution in [0, 0.1) is 5.92 Å². The molecule has 2 N–H and O–H groups in total. The van der Waals surface area contributed by atoms with Crippen molar-refractivity contribution in [2.75, 3.05) is 13.1 Å². The SMILES string of the molecule is CCCCC(CC)CNCc1cccc2c1CCNC2. The standard InChI is InChI=1S/C18H30N2/c1-3-5-7-15(4-2)12-20-14-17-9-6-8-16-13-19-11-10-18(16)17/h6,8-9,15,19-20H,3-5,7,10-14H2,1-2H3. The van der Waals surface area contributed by atoms with Gasteiger partial charge in [-0.2, -0.15) is 0 Å². The van der Waals surface area contributed by atoms with E-state index in [9.17, 15) is 0 Å². The highest BCUT2D eigenvalue weighted by Gasteiger charge is 2.12. The maximum absolute atomic E-state index is 3.69. The first-order chi connectivity index (χ1) is 9.85. The molecule has 20 heavy (non-hydrogen) atoms. The van der Waals surface area contributed by atoms with Crippen LogP contribution in [0.4, 0.5) is 0 Å². The van der Waals surface area contributed by atoms with Crippen LogP contribution in [0.15, 0.2) is 18.2 Å². The van der Waals surface area contributed by atoms with Crippen molar-refractivity contribution in [1.29, 1.82) is 0 Å². The molecule has 1 heterocycles. The Balaban J connectivity index is 1.84. The van der Waals surface area contributed by atoms with E-state index < -0.39 is 0 Å². The van der Waals surface area contributed by atoms with Gasteiger partial charge in [-0.3, -0.25) is 0 Å². The predicted molar refractivity (Wildman–Crippen MR) is 86.9 cm³/mol. The molecule has 0 aliphatic carbocycles. The summed E-state index contributed by atoms with van der Waals surface area (Å²) in [4.78, 5) is 0. The highest BCUT2D eigenvalue weighted by Crippen LogP contribution is 2.19. The first-order valence-corrected chi connectivity index (χ1v) is 8.36. The van der Waals surface area contributed by atoms with Crippen molar-refractivity contribution in [2.45, 2.75) is 59.0 Å². The van der Waals surface area contributed by atoms with Gasteiger partial charge in [0.15, 0.2) is 0 Å². The van der Waals surface area contributed by atoms with Gasteiger partial charge in [-0.15, -0.1) is 0 Å². The van der Waals surface area contributed by atoms with Gasteiger partial charge in [0.25, 0.3) is 0 Å². The van der Waals surface area contributed by atoms with Crippen LogP contribution in [0.3, 0.4) is 0 Å². The van der Waals surface area contributed by atoms with Gasteiger partial charge in [-0.05, 0) is 48.5 Å². The first-order valence-electron chi connectivity index (χ1n) is 8.36. The summed E-state index contributed by atoms with van der Waals surface area (Å²) < 4.78 is 0. The van der Waals surface area contributed by atoms with Crippen molar-refractivity contribution < 1.29 is 0 Å². The van der Waals surface area contributed by atoms with Gasteiger partial charge in [0.1, 0.15) is 0 Å². The molecular weight excluding hydrogens is 244 g/mol. The smallest absolute Gasteiger partial charge is 0.0208 e. The summed E-state index contributed by atoms with van der Waals surface area (Å²) in [7, 11) is 0. The Morgan fingerprint density at radius 1 is 1.30 bits per heavy atom. The van der Waals surface area contributed by atoms with Gasteiger partial charge >= 0.3 is 0 Å². The molecule has 0 aromatic heterocycles. The molecule has 1 aromatic carbocycles. The number of benzene rings is 1. The van der Waals surface area contributed by atoms with E-state index in [1.807, 2.05) is 0 Å². The Labute approximate surface area is 124 Å². The summed E-state index contributed by atoms with van der Waals surface area (Å²) in [5.41, 5.74) is 4.59. The van der Waals surface area contributed by atoms with Gasteiger partial charge in [0, 0.05) is 13.1 Å². The minimum atomic E-state index is 0.844. The Kier molecular flexibility index (Phi) is 6.55. The zero-order valence-corrected chi connectivity index (χ0v) is 13.2. The number of rotatable bonds is 8. The molecule has 1 aromatic rings. The van der Waals surface area contributed by atoms with Gasteiger partial charge in [-0.25, -0.2) is 0 Å². The van der Waals surface area contributed by atoms with Crippen LogP contribution >= 0.6 is 0 Å². The normalized spacial score (nSPS) is 15.9. The lowest BCUT2D eigenvalue weighted by atomic mass is 9.95. The molecular formula is C18H30N2. The molecule has 0 saturated carbocycles. The Morgan fingerprint density at radius 3 is 3.00 bits per heavy atom. The van der Waals surface area contributed by atoms with Crippen LogP contribution in [-0.4, -0.2) is 13.1 Å². The summed E-state index contributed by atoms with van der Waals surface area (Å²) >= 11 is 0. The van der Waals surface area contributed by atoms with Crippen LogP contribution in [-0.2, 0) is 19.5 Å². The molecule has 1 atom stereocenters. The van der Waals surface area contributed by atoms with Crippen molar-refractivity contribution in [3.63, 3.8) is 0 Å². The molecule has 0 amide bonds. The summed E-state index contributed by atoms with van der Waals surface area (Å²) in [6, 6.07) is 6.77. The van der Waals surface area contributed by atoms with E-state index in [2.05, 4.69) is 42.7 Å². The molecule has 0 radical (unpaired) electrons. The molecule has 1 aliphatic heterocycles. The molecule has 112 valence electrons. The zero-order chi connectivity index (χ0) is 14.2. The van der Waals surface area contributed by atoms with Crippen molar-refractivity contribution in [3.8, 4) is 0 Å². The van der Waals surface area contributed by atoms with Crippen molar-refractivity contribution in [2.24, 2.45) is 5.92 Å². The number of unbranched alkanes of at least 4 members (excludes halogenated alkanes) is 1. The highest BCUT2D eigenvalue weighted by atomic mass is 14.9. The Morgan fingerprint density at radius 2 is 2.20 bits per heavy atom. The quantitative estimate of drug-likeness (QED) is 0.756. The molecule has 1 aliphatic rings. The maximum atomic E-state index is 3.69. The van der Waals surface area contributed by atoms with E-state index in [0.29, 0.717) is 0 Å². The second kappa shape index (κ2) is 8.43. The molecule has 2 rings (SSSR count). The zero-order valence-electron chi connectivity index (χ0n) is 13.2. The second-order valence-corrected chi connectivity index (χ2v) is 6.03. The summed E-state index contributed by atoms with van der Waals surface area (Å²) in [5, 5.41) is 7.15. The predicted octanol–water partition coefficient (Wildman–Crippen LogP) is 3.64. The first kappa shape index (κ1) is 15.5. The second-order valence-electron chi connectivity index (χ2n) is 6.03. The molecule has 2 nitrogen and oxygen atoms in total. The van der Waals surface area contributed by atoms with Crippen LogP contribution < -0.4 is 10.6 Å². The third-order valence-electron chi connectivity index (χ3n) is 4.53. The summed E-state index contributed by atoms with van der Waals surface area (Å²) in [5.74, 6) is 0.844. The monoisotopic (exact) mass is 274 g/mol. The fourth-order valence-corrected chi connectivity index (χ4v) is 3.13. The topological polar surface area (TPSA) is 24.1 Å². The van der Waals surface area contributed by atoms with Crippen LogP contribution in [0.2, 0.25) is 0 Å². The summed E-state index contributed by atoms with van der Waals surface area (Å²) in [6.07, 6.45) is 6.53. The Bertz CT molecular complexity index is 400. The van der Waals surface area contributed by atoms with Crippen molar-refractivity contribution in [3.05, 3.63) is 34.9 Å². The lowest BCUT2D eigenvalue weighted by molar-refractivity contribution is 0.418. The Hall–Kier alpha value is -0.860. The highest BCUT2D eigenvalue weighted by molar-refractivity contribution is 5.36. The van der Waals surface area contributed by atoms with E-state index in [4.69, 9.17) is 0 Å². The van der Waals surface area contributed by atoms with Crippen LogP contribution in [0.25, 0.3) is 0 Å². The lowest BCUT2D eigenvalue weighted by Gasteiger charge is -2.21. The molecule has 2 heteroatoms. The van der Waals surface area contributed by atoms with Gasteiger partial charge in [-0.1, -0.05) is 51.3 Å². The third-order valence-corrected chi connectivity index (χ3v) is 4.53. The molecule has 1 unspecified atom stereocenters. The number of nitrogens with one attached hydrogen (secondary N) is 2. The lowest BCUT2D eigenvalue weighted by Crippen LogP contribution is -2.27. The van der Waals surface area contributed by atoms with E-state index in [1.165, 1.54) is 49.8 Å². The molecule has 0 fully saturated rings.